The Kier molecular flexibility index (Phi) is 4.73. The Morgan fingerprint density at radius 2 is 2.19 bits per heavy atom. The standard InChI is InChI=1S/C13H16O3/c1-10(2)8-16-13(14)12-6-4-5-11(7-12)9-15-3/h4-7H,1,8-9H2,2-3H3. The Morgan fingerprint density at radius 3 is 2.81 bits per heavy atom. The van der Waals surface area contributed by atoms with Crippen LogP contribution in [-0.4, -0.2) is 19.7 Å². The van der Waals surface area contributed by atoms with Crippen molar-refractivity contribution >= 4 is 5.97 Å². The molecule has 16 heavy (non-hydrogen) atoms. The van der Waals surface area contributed by atoms with Gasteiger partial charge < -0.3 is 9.47 Å². The maximum absolute atomic E-state index is 11.6. The second-order valence-electron chi connectivity index (χ2n) is 3.67. The molecule has 1 aromatic carbocycles. The molecule has 0 saturated carbocycles. The highest BCUT2D eigenvalue weighted by Crippen LogP contribution is 2.08. The van der Waals surface area contributed by atoms with Gasteiger partial charge in [0.1, 0.15) is 6.61 Å². The van der Waals surface area contributed by atoms with Gasteiger partial charge in [-0.05, 0) is 30.2 Å². The molecular weight excluding hydrogens is 204 g/mol. The molecule has 1 aromatic rings. The molecule has 0 aliphatic carbocycles. The van der Waals surface area contributed by atoms with E-state index in [1.165, 1.54) is 0 Å². The number of rotatable bonds is 5. The summed E-state index contributed by atoms with van der Waals surface area (Å²) in [6, 6.07) is 7.20. The van der Waals surface area contributed by atoms with Gasteiger partial charge in [-0.15, -0.1) is 0 Å². The number of methoxy groups -OCH3 is 1. The number of hydrogen-bond donors (Lipinski definition) is 0. The monoisotopic (exact) mass is 220 g/mol. The van der Waals surface area contributed by atoms with Gasteiger partial charge in [0.15, 0.2) is 0 Å². The van der Waals surface area contributed by atoms with Crippen molar-refractivity contribution in [3.05, 3.63) is 47.5 Å². The Morgan fingerprint density at radius 1 is 1.44 bits per heavy atom. The van der Waals surface area contributed by atoms with E-state index in [-0.39, 0.29) is 12.6 Å². The molecule has 0 saturated heterocycles. The first-order valence-corrected chi connectivity index (χ1v) is 5.03. The SMILES string of the molecule is C=C(C)COC(=O)c1cccc(COC)c1. The minimum Gasteiger partial charge on any atom is -0.458 e. The molecule has 0 aliphatic rings. The first-order valence-electron chi connectivity index (χ1n) is 5.03. The van der Waals surface area contributed by atoms with Gasteiger partial charge in [0, 0.05) is 7.11 Å². The van der Waals surface area contributed by atoms with Gasteiger partial charge in [-0.3, -0.25) is 0 Å². The van der Waals surface area contributed by atoms with E-state index >= 15 is 0 Å². The third-order valence-corrected chi connectivity index (χ3v) is 1.92. The van der Waals surface area contributed by atoms with Crippen molar-refractivity contribution in [3.8, 4) is 0 Å². The molecule has 0 spiro atoms. The molecule has 0 aromatic heterocycles. The van der Waals surface area contributed by atoms with Crippen molar-refractivity contribution < 1.29 is 14.3 Å². The van der Waals surface area contributed by atoms with Gasteiger partial charge in [-0.2, -0.15) is 0 Å². The normalized spacial score (nSPS) is 9.88. The third kappa shape index (κ3) is 3.87. The van der Waals surface area contributed by atoms with Crippen LogP contribution >= 0.6 is 0 Å². The fourth-order valence-corrected chi connectivity index (χ4v) is 1.23. The minimum absolute atomic E-state index is 0.257. The predicted molar refractivity (Wildman–Crippen MR) is 62.3 cm³/mol. The summed E-state index contributed by atoms with van der Waals surface area (Å²) in [6.45, 7) is 6.23. The number of carbonyl (C=O) groups is 1. The van der Waals surface area contributed by atoms with Crippen molar-refractivity contribution in [2.75, 3.05) is 13.7 Å². The van der Waals surface area contributed by atoms with Crippen LogP contribution in [-0.2, 0) is 16.1 Å². The molecule has 0 atom stereocenters. The zero-order valence-corrected chi connectivity index (χ0v) is 9.66. The van der Waals surface area contributed by atoms with E-state index in [1.54, 1.807) is 19.2 Å². The van der Waals surface area contributed by atoms with E-state index in [0.29, 0.717) is 12.2 Å². The van der Waals surface area contributed by atoms with Gasteiger partial charge in [0.25, 0.3) is 0 Å². The minimum atomic E-state index is -0.332. The van der Waals surface area contributed by atoms with E-state index in [9.17, 15) is 4.79 Å². The second kappa shape index (κ2) is 6.08. The Labute approximate surface area is 95.7 Å². The number of hydrogen-bond acceptors (Lipinski definition) is 3. The van der Waals surface area contributed by atoms with E-state index in [1.807, 2.05) is 19.1 Å². The molecule has 1 rings (SSSR count). The number of benzene rings is 1. The van der Waals surface area contributed by atoms with Crippen molar-refractivity contribution in [2.24, 2.45) is 0 Å². The lowest BCUT2D eigenvalue weighted by atomic mass is 10.1. The van der Waals surface area contributed by atoms with Gasteiger partial charge in [-0.1, -0.05) is 18.7 Å². The van der Waals surface area contributed by atoms with Crippen LogP contribution in [0.3, 0.4) is 0 Å². The van der Waals surface area contributed by atoms with Crippen LogP contribution in [0.2, 0.25) is 0 Å². The molecule has 0 amide bonds. The summed E-state index contributed by atoms with van der Waals surface area (Å²) in [7, 11) is 1.62. The van der Waals surface area contributed by atoms with Crippen LogP contribution in [0.15, 0.2) is 36.4 Å². The molecule has 3 nitrogen and oxygen atoms in total. The van der Waals surface area contributed by atoms with E-state index in [2.05, 4.69) is 6.58 Å². The maximum atomic E-state index is 11.6. The van der Waals surface area contributed by atoms with E-state index in [0.717, 1.165) is 11.1 Å². The number of carbonyl (C=O) groups excluding carboxylic acids is 1. The van der Waals surface area contributed by atoms with Crippen molar-refractivity contribution in [3.63, 3.8) is 0 Å². The molecule has 0 fully saturated rings. The Hall–Kier alpha value is -1.61. The summed E-state index contributed by atoms with van der Waals surface area (Å²) in [4.78, 5) is 11.6. The molecular formula is C13H16O3. The van der Waals surface area contributed by atoms with E-state index < -0.39 is 0 Å². The molecule has 0 radical (unpaired) electrons. The zero-order chi connectivity index (χ0) is 12.0. The number of esters is 1. The van der Waals surface area contributed by atoms with Gasteiger partial charge in [0.2, 0.25) is 0 Å². The third-order valence-electron chi connectivity index (χ3n) is 1.92. The second-order valence-corrected chi connectivity index (χ2v) is 3.67. The zero-order valence-electron chi connectivity index (χ0n) is 9.66. The fraction of sp³-hybridized carbons (Fsp3) is 0.308. The van der Waals surface area contributed by atoms with Crippen molar-refractivity contribution in [1.29, 1.82) is 0 Å². The summed E-state index contributed by atoms with van der Waals surface area (Å²) in [5.41, 5.74) is 2.31. The first kappa shape index (κ1) is 12.5. The van der Waals surface area contributed by atoms with Gasteiger partial charge in [0.05, 0.1) is 12.2 Å². The van der Waals surface area contributed by atoms with Crippen molar-refractivity contribution in [2.45, 2.75) is 13.5 Å². The van der Waals surface area contributed by atoms with Gasteiger partial charge >= 0.3 is 5.97 Å². The average molecular weight is 220 g/mol. The molecule has 0 N–H and O–H groups in total. The summed E-state index contributed by atoms with van der Waals surface area (Å²) >= 11 is 0. The summed E-state index contributed by atoms with van der Waals surface area (Å²) in [5, 5.41) is 0. The molecule has 3 heteroatoms. The summed E-state index contributed by atoms with van der Waals surface area (Å²) < 4.78 is 10.0. The maximum Gasteiger partial charge on any atom is 0.338 e. The van der Waals surface area contributed by atoms with Crippen LogP contribution in [0, 0.1) is 0 Å². The largest absolute Gasteiger partial charge is 0.458 e. The molecule has 86 valence electrons. The van der Waals surface area contributed by atoms with E-state index in [4.69, 9.17) is 9.47 Å². The van der Waals surface area contributed by atoms with Crippen molar-refractivity contribution in [1.82, 2.24) is 0 Å². The van der Waals surface area contributed by atoms with Crippen LogP contribution in [0.5, 0.6) is 0 Å². The summed E-state index contributed by atoms with van der Waals surface area (Å²) in [6.07, 6.45) is 0. The van der Waals surface area contributed by atoms with Gasteiger partial charge in [-0.25, -0.2) is 4.79 Å². The highest BCUT2D eigenvalue weighted by atomic mass is 16.5. The lowest BCUT2D eigenvalue weighted by Crippen LogP contribution is -2.07. The summed E-state index contributed by atoms with van der Waals surface area (Å²) in [5.74, 6) is -0.332. The highest BCUT2D eigenvalue weighted by molar-refractivity contribution is 5.89. The number of ether oxygens (including phenoxy) is 2. The topological polar surface area (TPSA) is 35.5 Å². The first-order chi connectivity index (χ1) is 7.63. The Bertz CT molecular complexity index is 383. The van der Waals surface area contributed by atoms with Crippen LogP contribution in [0.1, 0.15) is 22.8 Å². The molecule has 0 unspecified atom stereocenters. The van der Waals surface area contributed by atoms with Crippen LogP contribution < -0.4 is 0 Å². The smallest absolute Gasteiger partial charge is 0.338 e. The van der Waals surface area contributed by atoms with Crippen LogP contribution in [0.25, 0.3) is 0 Å². The average Bonchev–Trinajstić information content (AvgIpc) is 2.26. The molecule has 0 heterocycles. The fourth-order valence-electron chi connectivity index (χ4n) is 1.23. The molecule has 0 bridgehead atoms. The lowest BCUT2D eigenvalue weighted by molar-refractivity contribution is 0.0540. The predicted octanol–water partition coefficient (Wildman–Crippen LogP) is 2.57. The quantitative estimate of drug-likeness (QED) is 0.565. The van der Waals surface area contributed by atoms with Crippen LogP contribution in [0.4, 0.5) is 0 Å². The highest BCUT2D eigenvalue weighted by Gasteiger charge is 2.07. The lowest BCUT2D eigenvalue weighted by Gasteiger charge is -2.05. The molecule has 0 aliphatic heterocycles. The Balaban J connectivity index is 2.67.